The molecule has 0 amide bonds. The molecule has 4 aromatic rings. The first-order valence-corrected chi connectivity index (χ1v) is 10.2. The summed E-state index contributed by atoms with van der Waals surface area (Å²) in [4.78, 5) is 20.7. The summed E-state index contributed by atoms with van der Waals surface area (Å²) in [5, 5.41) is 0.223. The van der Waals surface area contributed by atoms with Crippen LogP contribution in [0.4, 0.5) is 13.2 Å². The van der Waals surface area contributed by atoms with Crippen LogP contribution in [0.15, 0.2) is 65.4 Å². The third-order valence-electron chi connectivity index (χ3n) is 3.98. The summed E-state index contributed by atoms with van der Waals surface area (Å²) in [5.74, 6) is -0.505. The number of fused-ring (bicyclic) bond motifs is 1. The molecule has 0 atom stereocenters. The number of hydrogen-bond donors (Lipinski definition) is 0. The highest BCUT2D eigenvalue weighted by Gasteiger charge is 2.35. The van der Waals surface area contributed by atoms with Gasteiger partial charge in [-0.05, 0) is 62.2 Å². The first kappa shape index (κ1) is 20.3. The Morgan fingerprint density at radius 2 is 1.83 bits per heavy atom. The van der Waals surface area contributed by atoms with Crippen LogP contribution in [-0.2, 0) is 6.18 Å². The normalized spacial score (nSPS) is 11.9. The molecule has 0 saturated carbocycles. The van der Waals surface area contributed by atoms with Gasteiger partial charge < -0.3 is 4.42 Å². The SMILES string of the molecule is O=c1oc(-c2cc(Br)cn2-c2ncccc2C(F)(F)F)nc2c(Br)cc(Br)cc12. The van der Waals surface area contributed by atoms with Crippen molar-refractivity contribution >= 4 is 58.7 Å². The first-order valence-electron chi connectivity index (χ1n) is 7.86. The number of nitrogens with zero attached hydrogens (tertiary/aromatic N) is 3. The lowest BCUT2D eigenvalue weighted by Gasteiger charge is -2.14. The molecule has 11 heteroatoms. The molecule has 3 aromatic heterocycles. The molecule has 0 fully saturated rings. The standard InChI is InChI=1S/C18H7Br3F3N3O2/c19-8-4-10-14(12(21)5-8)26-16(29-17(10)28)13-6-9(20)7-27(13)15-11(18(22,23)24)2-1-3-25-15/h1-7H. The molecule has 0 aliphatic heterocycles. The number of aromatic nitrogens is 3. The van der Waals surface area contributed by atoms with Crippen molar-refractivity contribution in [1.82, 2.24) is 14.5 Å². The third-order valence-corrected chi connectivity index (χ3v) is 5.47. The molecule has 0 aliphatic rings. The number of hydrogen-bond acceptors (Lipinski definition) is 4. The summed E-state index contributed by atoms with van der Waals surface area (Å²) in [5.41, 5.74) is -1.15. The van der Waals surface area contributed by atoms with Gasteiger partial charge in [-0.1, -0.05) is 15.9 Å². The first-order chi connectivity index (χ1) is 13.6. The Hall–Kier alpha value is -1.98. The fourth-order valence-electron chi connectivity index (χ4n) is 2.79. The smallest absolute Gasteiger partial charge is 0.401 e. The zero-order chi connectivity index (χ0) is 20.9. The minimum absolute atomic E-state index is 0.134. The van der Waals surface area contributed by atoms with E-state index in [1.54, 1.807) is 12.1 Å². The maximum atomic E-state index is 13.5. The van der Waals surface area contributed by atoms with Crippen molar-refractivity contribution in [3.8, 4) is 17.4 Å². The average molecular weight is 594 g/mol. The predicted molar refractivity (Wildman–Crippen MR) is 111 cm³/mol. The van der Waals surface area contributed by atoms with E-state index in [2.05, 4.69) is 57.8 Å². The molecule has 0 radical (unpaired) electrons. The molecule has 0 unspecified atom stereocenters. The van der Waals surface area contributed by atoms with Gasteiger partial charge in [-0.2, -0.15) is 13.2 Å². The predicted octanol–water partition coefficient (Wildman–Crippen LogP) is 6.35. The van der Waals surface area contributed by atoms with E-state index in [4.69, 9.17) is 4.42 Å². The van der Waals surface area contributed by atoms with Crippen molar-refractivity contribution in [3.63, 3.8) is 0 Å². The molecule has 3 heterocycles. The molecule has 0 saturated heterocycles. The van der Waals surface area contributed by atoms with Crippen LogP contribution in [0.2, 0.25) is 0 Å². The second-order valence-corrected chi connectivity index (χ2v) is 8.56. The summed E-state index contributed by atoms with van der Waals surface area (Å²) in [6.45, 7) is 0. The lowest BCUT2D eigenvalue weighted by molar-refractivity contribution is -0.137. The van der Waals surface area contributed by atoms with Gasteiger partial charge in [0.15, 0.2) is 0 Å². The molecule has 0 N–H and O–H groups in total. The molecule has 0 aliphatic carbocycles. The molecule has 0 bridgehead atoms. The zero-order valence-corrected chi connectivity index (χ0v) is 18.7. The summed E-state index contributed by atoms with van der Waals surface area (Å²) >= 11 is 9.89. The Bertz CT molecular complexity index is 1320. The van der Waals surface area contributed by atoms with Crippen molar-refractivity contribution in [2.24, 2.45) is 0 Å². The van der Waals surface area contributed by atoms with Gasteiger partial charge in [-0.15, -0.1) is 0 Å². The van der Waals surface area contributed by atoms with E-state index >= 15 is 0 Å². The van der Waals surface area contributed by atoms with E-state index in [9.17, 15) is 18.0 Å². The van der Waals surface area contributed by atoms with Crippen LogP contribution in [-0.4, -0.2) is 14.5 Å². The number of pyridine rings is 1. The topological polar surface area (TPSA) is 60.9 Å². The van der Waals surface area contributed by atoms with Gasteiger partial charge in [0.1, 0.15) is 11.5 Å². The van der Waals surface area contributed by atoms with E-state index < -0.39 is 17.4 Å². The average Bonchev–Trinajstić information content (AvgIpc) is 3.03. The second kappa shape index (κ2) is 7.37. The number of halogens is 6. The molecule has 4 rings (SSSR count). The van der Waals surface area contributed by atoms with Crippen LogP contribution >= 0.6 is 47.8 Å². The lowest BCUT2D eigenvalue weighted by atomic mass is 10.2. The van der Waals surface area contributed by atoms with E-state index in [1.807, 2.05) is 0 Å². The maximum Gasteiger partial charge on any atom is 0.419 e. The minimum atomic E-state index is -4.62. The molecule has 0 spiro atoms. The van der Waals surface area contributed by atoms with Gasteiger partial charge in [0.2, 0.25) is 5.89 Å². The highest BCUT2D eigenvalue weighted by Crippen LogP contribution is 2.36. The summed E-state index contributed by atoms with van der Waals surface area (Å²) in [6.07, 6.45) is -1.97. The monoisotopic (exact) mass is 591 g/mol. The molecule has 5 nitrogen and oxygen atoms in total. The quantitative estimate of drug-likeness (QED) is 0.272. The van der Waals surface area contributed by atoms with Crippen LogP contribution in [0.5, 0.6) is 0 Å². The Kier molecular flexibility index (Phi) is 5.16. The zero-order valence-electron chi connectivity index (χ0n) is 14.0. The fraction of sp³-hybridized carbons (Fsp3) is 0.0556. The van der Waals surface area contributed by atoms with Crippen molar-refractivity contribution in [2.45, 2.75) is 6.18 Å². The minimum Gasteiger partial charge on any atom is -0.401 e. The molecule has 1 aromatic carbocycles. The van der Waals surface area contributed by atoms with E-state index in [0.717, 1.165) is 6.07 Å². The van der Waals surface area contributed by atoms with Crippen LogP contribution in [0.3, 0.4) is 0 Å². The van der Waals surface area contributed by atoms with Crippen molar-refractivity contribution in [2.75, 3.05) is 0 Å². The summed E-state index contributed by atoms with van der Waals surface area (Å²) in [7, 11) is 0. The van der Waals surface area contributed by atoms with Crippen molar-refractivity contribution in [3.05, 3.63) is 72.1 Å². The Labute approximate surface area is 186 Å². The van der Waals surface area contributed by atoms with Crippen molar-refractivity contribution in [1.29, 1.82) is 0 Å². The molecule has 148 valence electrons. The van der Waals surface area contributed by atoms with E-state index in [0.29, 0.717) is 18.9 Å². The van der Waals surface area contributed by atoms with Gasteiger partial charge in [0.25, 0.3) is 0 Å². The van der Waals surface area contributed by atoms with E-state index in [-0.39, 0.29) is 22.8 Å². The summed E-state index contributed by atoms with van der Waals surface area (Å²) < 4.78 is 48.6. The number of alkyl halides is 3. The lowest BCUT2D eigenvalue weighted by Crippen LogP contribution is -2.13. The Balaban J connectivity index is 2.00. The van der Waals surface area contributed by atoms with Gasteiger partial charge >= 0.3 is 11.8 Å². The molecular weight excluding hydrogens is 587 g/mol. The molecule has 29 heavy (non-hydrogen) atoms. The van der Waals surface area contributed by atoms with Crippen molar-refractivity contribution < 1.29 is 17.6 Å². The van der Waals surface area contributed by atoms with Crippen LogP contribution < -0.4 is 5.63 Å². The highest BCUT2D eigenvalue weighted by molar-refractivity contribution is 9.11. The van der Waals surface area contributed by atoms with Crippen LogP contribution in [0.25, 0.3) is 28.3 Å². The summed E-state index contributed by atoms with van der Waals surface area (Å²) in [6, 6.07) is 6.89. The Morgan fingerprint density at radius 1 is 1.07 bits per heavy atom. The third kappa shape index (κ3) is 3.78. The number of rotatable bonds is 2. The second-order valence-electron chi connectivity index (χ2n) is 5.88. The van der Waals surface area contributed by atoms with Gasteiger partial charge in [0.05, 0.1) is 16.5 Å². The largest absolute Gasteiger partial charge is 0.419 e. The Morgan fingerprint density at radius 3 is 2.55 bits per heavy atom. The van der Waals surface area contributed by atoms with Gasteiger partial charge in [-0.25, -0.2) is 14.8 Å². The highest BCUT2D eigenvalue weighted by atomic mass is 79.9. The fourth-order valence-corrected chi connectivity index (χ4v) is 4.53. The molecular formula is C18H7Br3F3N3O2. The van der Waals surface area contributed by atoms with Crippen LogP contribution in [0.1, 0.15) is 5.56 Å². The van der Waals surface area contributed by atoms with Crippen LogP contribution in [0, 0.1) is 0 Å². The van der Waals surface area contributed by atoms with E-state index in [1.165, 1.54) is 29.1 Å². The van der Waals surface area contributed by atoms with Gasteiger partial charge in [-0.3, -0.25) is 4.57 Å². The number of benzene rings is 1. The maximum absolute atomic E-state index is 13.5. The van der Waals surface area contributed by atoms with Gasteiger partial charge in [0, 0.05) is 25.8 Å².